The molecule has 0 aliphatic carbocycles. The number of rotatable bonds is 3. The first-order valence-electron chi connectivity index (χ1n) is 13.4. The average molecular weight is 708 g/mol. The Bertz CT molecular complexity index is 1610. The third-order valence-corrected chi connectivity index (χ3v) is 8.64. The van der Waals surface area contributed by atoms with Crippen LogP contribution in [-0.4, -0.2) is 19.0 Å². The Kier molecular flexibility index (Phi) is 6.32. The molecule has 4 aromatic carbocycles. The number of benzene rings is 4. The van der Waals surface area contributed by atoms with Gasteiger partial charge in [0.05, 0.1) is 0 Å². The number of fused-ring (bicyclic) bond motifs is 3. The first kappa shape index (κ1) is 26.9. The largest absolute Gasteiger partial charge is 4.00 e. The van der Waals surface area contributed by atoms with Gasteiger partial charge in [0.25, 0.3) is 0 Å². The fourth-order valence-corrected chi connectivity index (χ4v) is 6.12. The second kappa shape index (κ2) is 9.39. The molecule has 0 fully saturated rings. The van der Waals surface area contributed by atoms with Crippen molar-refractivity contribution in [2.24, 2.45) is 0 Å². The van der Waals surface area contributed by atoms with Crippen LogP contribution in [0.3, 0.4) is 0 Å². The first-order chi connectivity index (χ1) is 18.7. The molecular weight excluding hydrogens is 675 g/mol. The van der Waals surface area contributed by atoms with E-state index in [1.54, 1.807) is 0 Å². The van der Waals surface area contributed by atoms with Gasteiger partial charge in [-0.3, -0.25) is 0 Å². The summed E-state index contributed by atoms with van der Waals surface area (Å²) in [5.41, 5.74) is 9.11. The molecule has 3 heterocycles. The zero-order valence-corrected chi connectivity index (χ0v) is 25.9. The number of anilines is 5. The fraction of sp³-hybridized carbons (Fsp3) is 0.235. The maximum atomic E-state index is 6.41. The second-order valence-corrected chi connectivity index (χ2v) is 11.7. The molecule has 3 aliphatic heterocycles. The molecule has 0 unspecified atom stereocenters. The molecule has 204 valence electrons. The van der Waals surface area contributed by atoms with E-state index in [1.807, 2.05) is 18.2 Å². The molecular formula is C34H32N4OPt. The maximum Gasteiger partial charge on any atom is 4.00 e. The van der Waals surface area contributed by atoms with Crippen molar-refractivity contribution in [3.8, 4) is 11.5 Å². The zero-order chi connectivity index (χ0) is 27.1. The molecule has 0 amide bonds. The van der Waals surface area contributed by atoms with E-state index in [0.29, 0.717) is 11.5 Å². The number of ether oxygens (including phenoxy) is 1. The van der Waals surface area contributed by atoms with Crippen LogP contribution in [0.15, 0.2) is 72.8 Å². The van der Waals surface area contributed by atoms with Crippen molar-refractivity contribution < 1.29 is 25.8 Å². The molecule has 0 spiro atoms. The number of para-hydroxylation sites is 2. The van der Waals surface area contributed by atoms with Gasteiger partial charge in [-0.05, 0) is 56.6 Å². The van der Waals surface area contributed by atoms with Crippen LogP contribution >= 0.6 is 0 Å². The summed E-state index contributed by atoms with van der Waals surface area (Å²) in [5, 5.41) is 0. The van der Waals surface area contributed by atoms with Crippen LogP contribution in [0, 0.1) is 25.5 Å². The summed E-state index contributed by atoms with van der Waals surface area (Å²) in [7, 11) is 4.21. The molecule has 6 heteroatoms. The molecule has 4 aromatic rings. The van der Waals surface area contributed by atoms with Crippen molar-refractivity contribution in [1.82, 2.24) is 4.90 Å². The smallest absolute Gasteiger partial charge is 0.509 e. The normalized spacial score (nSPS) is 18.0. The van der Waals surface area contributed by atoms with Gasteiger partial charge < -0.3 is 24.3 Å². The third kappa shape index (κ3) is 3.89. The van der Waals surface area contributed by atoms with Gasteiger partial charge in [0.1, 0.15) is 0 Å². The van der Waals surface area contributed by atoms with E-state index in [2.05, 4.69) is 141 Å². The molecule has 0 atom stereocenters. The van der Waals surface area contributed by atoms with Gasteiger partial charge in [-0.1, -0.05) is 49.9 Å². The monoisotopic (exact) mass is 707 g/mol. The van der Waals surface area contributed by atoms with E-state index in [-0.39, 0.29) is 32.0 Å². The zero-order valence-electron chi connectivity index (χ0n) is 23.6. The predicted molar refractivity (Wildman–Crippen MR) is 158 cm³/mol. The predicted octanol–water partition coefficient (Wildman–Crippen LogP) is 7.86. The Labute approximate surface area is 252 Å². The quantitative estimate of drug-likeness (QED) is 0.202. The van der Waals surface area contributed by atoms with Gasteiger partial charge in [-0.2, -0.15) is 25.5 Å². The Morgan fingerprint density at radius 3 is 2.20 bits per heavy atom. The van der Waals surface area contributed by atoms with Gasteiger partial charge in [-0.15, -0.1) is 41.6 Å². The maximum absolute atomic E-state index is 6.41. The van der Waals surface area contributed by atoms with E-state index in [4.69, 9.17) is 4.74 Å². The summed E-state index contributed by atoms with van der Waals surface area (Å²) >= 11 is 0. The fourth-order valence-electron chi connectivity index (χ4n) is 6.12. The van der Waals surface area contributed by atoms with Crippen LogP contribution in [0.25, 0.3) is 0 Å². The molecule has 0 radical (unpaired) electrons. The second-order valence-electron chi connectivity index (χ2n) is 11.7. The summed E-state index contributed by atoms with van der Waals surface area (Å²) < 4.78 is 6.41. The number of hydrogen-bond donors (Lipinski definition) is 0. The van der Waals surface area contributed by atoms with Crippen molar-refractivity contribution in [2.75, 3.05) is 28.8 Å². The summed E-state index contributed by atoms with van der Waals surface area (Å²) in [6.45, 7) is 13.3. The number of hydrogen-bond acceptors (Lipinski definition) is 5. The number of nitrogens with zero attached hydrogens (tertiary/aromatic N) is 4. The van der Waals surface area contributed by atoms with Gasteiger partial charge in [0, 0.05) is 34.1 Å². The SMILES string of the molecule is CN1[CH-]N2c3[c-]c(Oc4[c-]c(N5[CH-]N(C)C(C)(C)c6ccccc65)ccc4)ccc3C(C)(C)c3cccc1c32.[Pt+4]. The van der Waals surface area contributed by atoms with E-state index < -0.39 is 0 Å². The van der Waals surface area contributed by atoms with Crippen LogP contribution in [0.1, 0.15) is 44.4 Å². The van der Waals surface area contributed by atoms with Crippen molar-refractivity contribution in [3.05, 3.63) is 115 Å². The summed E-state index contributed by atoms with van der Waals surface area (Å²) in [6.07, 6.45) is 0. The Hall–Kier alpha value is -3.27. The van der Waals surface area contributed by atoms with Gasteiger partial charge >= 0.3 is 21.1 Å². The molecule has 5 nitrogen and oxygen atoms in total. The van der Waals surface area contributed by atoms with Crippen molar-refractivity contribution in [3.63, 3.8) is 0 Å². The molecule has 3 aliphatic rings. The Morgan fingerprint density at radius 2 is 1.38 bits per heavy atom. The molecule has 7 rings (SSSR count). The Balaban J connectivity index is 0.00000289. The van der Waals surface area contributed by atoms with E-state index in [1.165, 1.54) is 28.1 Å². The van der Waals surface area contributed by atoms with Crippen LogP contribution in [0.5, 0.6) is 11.5 Å². The standard InChI is InChI=1S/C34H32N4O.Pt/c1-33(2)26-18-17-25(20-31(26)38-21-35(5)30-16-10-14-28(33)32(30)38)39-24-12-9-11-23(19-24)37-22-36(6)34(3,4)27-13-7-8-15-29(27)37;/h7-18,21-22H,1-6H3;/q-4;+4. The first-order valence-corrected chi connectivity index (χ1v) is 13.4. The van der Waals surface area contributed by atoms with Gasteiger partial charge in [-0.25, -0.2) is 0 Å². The average Bonchev–Trinajstić information content (AvgIpc) is 3.27. The summed E-state index contributed by atoms with van der Waals surface area (Å²) in [6, 6.07) is 32.4. The Morgan fingerprint density at radius 1 is 0.675 bits per heavy atom. The van der Waals surface area contributed by atoms with Crippen molar-refractivity contribution >= 4 is 28.4 Å². The minimum Gasteiger partial charge on any atom is -0.509 e. The van der Waals surface area contributed by atoms with Crippen molar-refractivity contribution in [1.29, 1.82) is 0 Å². The molecule has 0 aromatic heterocycles. The van der Waals surface area contributed by atoms with Crippen LogP contribution < -0.4 is 19.4 Å². The van der Waals surface area contributed by atoms with E-state index in [0.717, 1.165) is 17.1 Å². The van der Waals surface area contributed by atoms with E-state index in [9.17, 15) is 0 Å². The van der Waals surface area contributed by atoms with Crippen molar-refractivity contribution in [2.45, 2.75) is 38.6 Å². The topological polar surface area (TPSA) is 22.2 Å². The van der Waals surface area contributed by atoms with Crippen LogP contribution in [0.2, 0.25) is 0 Å². The van der Waals surface area contributed by atoms with Crippen LogP contribution in [0.4, 0.5) is 28.4 Å². The van der Waals surface area contributed by atoms with E-state index >= 15 is 0 Å². The summed E-state index contributed by atoms with van der Waals surface area (Å²) in [4.78, 5) is 8.84. The summed E-state index contributed by atoms with van der Waals surface area (Å²) in [5.74, 6) is 1.32. The molecule has 0 saturated heterocycles. The van der Waals surface area contributed by atoms with Gasteiger partial charge in [0.15, 0.2) is 0 Å². The molecule has 0 saturated carbocycles. The van der Waals surface area contributed by atoms with Gasteiger partial charge in [0.2, 0.25) is 0 Å². The third-order valence-electron chi connectivity index (χ3n) is 8.64. The molecule has 40 heavy (non-hydrogen) atoms. The minimum absolute atomic E-state index is 0. The van der Waals surface area contributed by atoms with Crippen LogP contribution in [-0.2, 0) is 32.0 Å². The molecule has 0 bridgehead atoms. The minimum atomic E-state index is -0.144. The molecule has 0 N–H and O–H groups in total.